The zero-order valence-electron chi connectivity index (χ0n) is 13.0. The highest BCUT2D eigenvalue weighted by Crippen LogP contribution is 2.40. The first-order chi connectivity index (χ1) is 11.3. The predicted octanol–water partition coefficient (Wildman–Crippen LogP) is 3.72. The molecule has 1 aliphatic rings. The number of ether oxygens (including phenoxy) is 2. The van der Waals surface area contributed by atoms with Crippen molar-refractivity contribution in [3.05, 3.63) is 29.6 Å². The normalized spacial score (nSPS) is 19.0. The molecule has 1 heterocycles. The van der Waals surface area contributed by atoms with E-state index in [1.54, 1.807) is 0 Å². The highest BCUT2D eigenvalue weighted by Gasteiger charge is 2.36. The molecule has 1 aromatic rings. The molecule has 1 aliphatic heterocycles. The summed E-state index contributed by atoms with van der Waals surface area (Å²) in [4.78, 5) is 12.1. The molecule has 0 aliphatic carbocycles. The number of amides is 2. The van der Waals surface area contributed by atoms with Crippen molar-refractivity contribution in [2.24, 2.45) is 0 Å². The summed E-state index contributed by atoms with van der Waals surface area (Å²) in [5.41, 5.74) is 0.306. The highest BCUT2D eigenvalue weighted by atomic mass is 35.6. The molecule has 9 heteroatoms. The number of hydrogen-bond acceptors (Lipinski definition) is 3. The van der Waals surface area contributed by atoms with Gasteiger partial charge in [-0.25, -0.2) is 9.18 Å². The van der Waals surface area contributed by atoms with Crippen LogP contribution in [0.15, 0.2) is 18.2 Å². The van der Waals surface area contributed by atoms with Crippen molar-refractivity contribution in [1.82, 2.24) is 10.6 Å². The van der Waals surface area contributed by atoms with Gasteiger partial charge in [-0.2, -0.15) is 0 Å². The van der Waals surface area contributed by atoms with Gasteiger partial charge in [-0.3, -0.25) is 0 Å². The van der Waals surface area contributed by atoms with Crippen molar-refractivity contribution in [2.45, 2.75) is 28.8 Å². The van der Waals surface area contributed by atoms with E-state index in [1.165, 1.54) is 19.2 Å². The molecule has 0 bridgehead atoms. The van der Waals surface area contributed by atoms with Crippen LogP contribution in [0.25, 0.3) is 0 Å². The lowest BCUT2D eigenvalue weighted by Gasteiger charge is -2.26. The molecule has 134 valence electrons. The predicted molar refractivity (Wildman–Crippen MR) is 91.5 cm³/mol. The van der Waals surface area contributed by atoms with Crippen molar-refractivity contribution in [3.8, 4) is 5.75 Å². The first kappa shape index (κ1) is 19.4. The van der Waals surface area contributed by atoms with E-state index in [4.69, 9.17) is 44.3 Å². The van der Waals surface area contributed by atoms with Crippen molar-refractivity contribution in [1.29, 1.82) is 0 Å². The minimum Gasteiger partial charge on any atom is -0.494 e. The molecule has 0 unspecified atom stereocenters. The molecule has 2 rings (SSSR count). The number of carbonyl (C=O) groups is 1. The van der Waals surface area contributed by atoms with E-state index in [2.05, 4.69) is 10.6 Å². The second-order valence-corrected chi connectivity index (χ2v) is 7.73. The van der Waals surface area contributed by atoms with Gasteiger partial charge in [-0.15, -0.1) is 0 Å². The SMILES string of the molecule is COc1ccc([C@@H](NC(=O)NC[C@@H]2CCCO2)C(Cl)(Cl)Cl)cc1F. The molecular weight excluding hydrogens is 382 g/mol. The average Bonchev–Trinajstić information content (AvgIpc) is 3.03. The highest BCUT2D eigenvalue weighted by molar-refractivity contribution is 6.68. The third-order valence-corrected chi connectivity index (χ3v) is 4.28. The zero-order valence-corrected chi connectivity index (χ0v) is 15.2. The fourth-order valence-electron chi connectivity index (χ4n) is 2.41. The van der Waals surface area contributed by atoms with Gasteiger partial charge in [0.05, 0.1) is 13.2 Å². The van der Waals surface area contributed by atoms with E-state index < -0.39 is 21.7 Å². The Morgan fingerprint density at radius 1 is 1.50 bits per heavy atom. The van der Waals surface area contributed by atoms with Crippen molar-refractivity contribution in [3.63, 3.8) is 0 Å². The molecule has 24 heavy (non-hydrogen) atoms. The quantitative estimate of drug-likeness (QED) is 0.742. The molecule has 2 atom stereocenters. The summed E-state index contributed by atoms with van der Waals surface area (Å²) in [5, 5.41) is 5.22. The lowest BCUT2D eigenvalue weighted by atomic mass is 10.1. The fraction of sp³-hybridized carbons (Fsp3) is 0.533. The smallest absolute Gasteiger partial charge is 0.315 e. The number of methoxy groups -OCH3 is 1. The molecular formula is C15H18Cl3FN2O3. The van der Waals surface area contributed by atoms with Gasteiger partial charge >= 0.3 is 6.03 Å². The van der Waals surface area contributed by atoms with Gasteiger partial charge in [0, 0.05) is 13.2 Å². The Labute approximate surface area is 154 Å². The first-order valence-electron chi connectivity index (χ1n) is 7.37. The van der Waals surface area contributed by atoms with E-state index in [0.29, 0.717) is 18.7 Å². The minimum absolute atomic E-state index is 0.0135. The van der Waals surface area contributed by atoms with Gasteiger partial charge in [0.2, 0.25) is 3.79 Å². The lowest BCUT2D eigenvalue weighted by Crippen LogP contribution is -2.44. The maximum atomic E-state index is 13.9. The Balaban J connectivity index is 2.05. The second kappa shape index (κ2) is 8.43. The van der Waals surface area contributed by atoms with Crippen LogP contribution in [0.2, 0.25) is 0 Å². The van der Waals surface area contributed by atoms with Crippen LogP contribution >= 0.6 is 34.8 Å². The van der Waals surface area contributed by atoms with Gasteiger partial charge in [-0.1, -0.05) is 40.9 Å². The molecule has 5 nitrogen and oxygen atoms in total. The maximum Gasteiger partial charge on any atom is 0.315 e. The zero-order chi connectivity index (χ0) is 17.7. The van der Waals surface area contributed by atoms with Gasteiger partial charge in [0.25, 0.3) is 0 Å². The Morgan fingerprint density at radius 3 is 2.79 bits per heavy atom. The Bertz CT molecular complexity index is 578. The monoisotopic (exact) mass is 398 g/mol. The van der Waals surface area contributed by atoms with Crippen LogP contribution in [0.3, 0.4) is 0 Å². The van der Waals surface area contributed by atoms with Gasteiger partial charge in [0.1, 0.15) is 6.04 Å². The molecule has 1 fully saturated rings. The maximum absolute atomic E-state index is 13.9. The first-order valence-corrected chi connectivity index (χ1v) is 8.50. The second-order valence-electron chi connectivity index (χ2n) is 5.36. The number of rotatable bonds is 5. The number of alkyl halides is 3. The van der Waals surface area contributed by atoms with Crippen molar-refractivity contribution < 1.29 is 18.7 Å². The number of carbonyl (C=O) groups excluding carboxylic acids is 1. The molecule has 1 saturated heterocycles. The van der Waals surface area contributed by atoms with E-state index >= 15 is 0 Å². The summed E-state index contributed by atoms with van der Waals surface area (Å²) in [7, 11) is 1.35. The molecule has 0 aromatic heterocycles. The summed E-state index contributed by atoms with van der Waals surface area (Å²) >= 11 is 17.8. The molecule has 0 radical (unpaired) electrons. The third kappa shape index (κ3) is 5.28. The van der Waals surface area contributed by atoms with Gasteiger partial charge < -0.3 is 20.1 Å². The van der Waals surface area contributed by atoms with Crippen LogP contribution in [0.1, 0.15) is 24.4 Å². The van der Waals surface area contributed by atoms with Crippen LogP contribution in [0, 0.1) is 5.82 Å². The van der Waals surface area contributed by atoms with Crippen LogP contribution in [-0.4, -0.2) is 36.2 Å². The number of halogens is 4. The lowest BCUT2D eigenvalue weighted by molar-refractivity contribution is 0.111. The topological polar surface area (TPSA) is 59.6 Å². The van der Waals surface area contributed by atoms with Crippen LogP contribution in [-0.2, 0) is 4.74 Å². The molecule has 0 saturated carbocycles. The molecule has 1 aromatic carbocycles. The largest absolute Gasteiger partial charge is 0.494 e. The van der Waals surface area contributed by atoms with E-state index in [9.17, 15) is 9.18 Å². The summed E-state index contributed by atoms with van der Waals surface area (Å²) in [6.07, 6.45) is 1.84. The van der Waals surface area contributed by atoms with Crippen molar-refractivity contribution in [2.75, 3.05) is 20.3 Å². The molecule has 2 N–H and O–H groups in total. The summed E-state index contributed by atoms with van der Waals surface area (Å²) in [6, 6.07) is 2.52. The summed E-state index contributed by atoms with van der Waals surface area (Å²) in [6.45, 7) is 1.05. The van der Waals surface area contributed by atoms with Crippen LogP contribution in [0.5, 0.6) is 5.75 Å². The van der Waals surface area contributed by atoms with Crippen molar-refractivity contribution >= 4 is 40.8 Å². The van der Waals surface area contributed by atoms with E-state index in [1.807, 2.05) is 0 Å². The standard InChI is InChI=1S/C15H18Cl3FN2O3/c1-23-12-5-4-9(7-11(12)19)13(15(16,17)18)21-14(22)20-8-10-3-2-6-24-10/h4-5,7,10,13H,2-3,6,8H2,1H3,(H2,20,21,22)/t10-,13+/m0/s1. The Hall–Kier alpha value is -0.950. The number of urea groups is 1. The van der Waals surface area contributed by atoms with Gasteiger partial charge in [-0.05, 0) is 30.5 Å². The number of nitrogens with one attached hydrogen (secondary N) is 2. The number of benzene rings is 1. The fourth-order valence-corrected chi connectivity index (χ4v) is 2.95. The Morgan fingerprint density at radius 2 is 2.25 bits per heavy atom. The Kier molecular flexibility index (Phi) is 6.80. The molecule has 0 spiro atoms. The summed E-state index contributed by atoms with van der Waals surface area (Å²) < 4.78 is 22.3. The van der Waals surface area contributed by atoms with E-state index in [0.717, 1.165) is 18.9 Å². The number of hydrogen-bond donors (Lipinski definition) is 2. The molecule has 2 amide bonds. The van der Waals surface area contributed by atoms with Crippen LogP contribution in [0.4, 0.5) is 9.18 Å². The average molecular weight is 400 g/mol. The third-order valence-electron chi connectivity index (χ3n) is 3.63. The minimum atomic E-state index is -1.86. The van der Waals surface area contributed by atoms with Crippen LogP contribution < -0.4 is 15.4 Å². The van der Waals surface area contributed by atoms with E-state index in [-0.39, 0.29) is 11.9 Å². The summed E-state index contributed by atoms with van der Waals surface area (Å²) in [5.74, 6) is -0.555. The van der Waals surface area contributed by atoms with Gasteiger partial charge in [0.15, 0.2) is 11.6 Å².